The first-order valence-corrected chi connectivity index (χ1v) is 6.87. The highest BCUT2D eigenvalue weighted by Gasteiger charge is 2.09. The third-order valence-corrected chi connectivity index (χ3v) is 4.33. The second-order valence-corrected chi connectivity index (χ2v) is 5.69. The van der Waals surface area contributed by atoms with Crippen molar-refractivity contribution in [1.29, 1.82) is 0 Å². The van der Waals surface area contributed by atoms with Crippen LogP contribution in [-0.4, -0.2) is 0 Å². The third kappa shape index (κ3) is 2.95. The summed E-state index contributed by atoms with van der Waals surface area (Å²) in [5.41, 5.74) is 2.82. The van der Waals surface area contributed by atoms with Gasteiger partial charge in [0.1, 0.15) is 0 Å². The zero-order valence-electron chi connectivity index (χ0n) is 9.61. The van der Waals surface area contributed by atoms with Gasteiger partial charge in [-0.2, -0.15) is 0 Å². The summed E-state index contributed by atoms with van der Waals surface area (Å²) in [6.07, 6.45) is 0.635. The summed E-state index contributed by atoms with van der Waals surface area (Å²) in [4.78, 5) is 0. The quantitative estimate of drug-likeness (QED) is 0.618. The Kier molecular flexibility index (Phi) is 4.45. The van der Waals surface area contributed by atoms with Crippen molar-refractivity contribution in [2.45, 2.75) is 13.3 Å². The van der Waals surface area contributed by atoms with Gasteiger partial charge in [-0.1, -0.05) is 52.5 Å². The van der Waals surface area contributed by atoms with Crippen LogP contribution in [0.3, 0.4) is 0 Å². The normalized spacial score (nSPS) is 10.7. The van der Waals surface area contributed by atoms with E-state index in [0.717, 1.165) is 16.7 Å². The van der Waals surface area contributed by atoms with Crippen LogP contribution in [0.25, 0.3) is 0 Å². The molecule has 0 heterocycles. The van der Waals surface area contributed by atoms with Crippen molar-refractivity contribution in [3.05, 3.63) is 67.1 Å². The Bertz CT molecular complexity index is 591. The van der Waals surface area contributed by atoms with Crippen molar-refractivity contribution in [2.75, 3.05) is 0 Å². The average molecular weight is 320 g/mol. The average Bonchev–Trinajstić information content (AvgIpc) is 2.34. The Labute approximate surface area is 126 Å². The zero-order chi connectivity index (χ0) is 13.3. The molecule has 2 rings (SSSR count). The summed E-state index contributed by atoms with van der Waals surface area (Å²) in [7, 11) is 0. The molecule has 0 aliphatic carbocycles. The van der Waals surface area contributed by atoms with Crippen LogP contribution < -0.4 is 0 Å². The lowest BCUT2D eigenvalue weighted by atomic mass is 10.0. The van der Waals surface area contributed by atoms with Gasteiger partial charge in [-0.05, 0) is 47.9 Å². The number of rotatable bonds is 2. The Hall–Kier alpha value is -0.400. The molecule has 0 nitrogen and oxygen atoms in total. The molecule has 0 amide bonds. The topological polar surface area (TPSA) is 0 Å². The van der Waals surface area contributed by atoms with Crippen molar-refractivity contribution >= 4 is 46.4 Å². The van der Waals surface area contributed by atoms with Gasteiger partial charge in [0.15, 0.2) is 0 Å². The van der Waals surface area contributed by atoms with E-state index in [1.165, 1.54) is 0 Å². The molecule has 0 atom stereocenters. The molecule has 0 radical (unpaired) electrons. The molecule has 0 saturated heterocycles. The molecule has 2 aromatic carbocycles. The van der Waals surface area contributed by atoms with Crippen LogP contribution in [0.2, 0.25) is 20.1 Å². The standard InChI is InChI=1S/C14H10Cl4/c1-8-12(16)4-2-9(14(8)18)6-10-7-11(15)3-5-13(10)17/h2-5,7H,6H2,1H3. The minimum atomic E-state index is 0.635. The maximum absolute atomic E-state index is 6.28. The van der Waals surface area contributed by atoms with Crippen molar-refractivity contribution < 1.29 is 0 Å². The first kappa shape index (κ1) is 14.0. The maximum atomic E-state index is 6.28. The summed E-state index contributed by atoms with van der Waals surface area (Å²) in [5, 5.41) is 2.69. The predicted molar refractivity (Wildman–Crippen MR) is 80.5 cm³/mol. The van der Waals surface area contributed by atoms with E-state index >= 15 is 0 Å². The van der Waals surface area contributed by atoms with Gasteiger partial charge in [0, 0.05) is 26.5 Å². The van der Waals surface area contributed by atoms with Gasteiger partial charge in [-0.15, -0.1) is 0 Å². The number of benzene rings is 2. The minimum absolute atomic E-state index is 0.635. The van der Waals surface area contributed by atoms with Crippen molar-refractivity contribution in [3.63, 3.8) is 0 Å². The Morgan fingerprint density at radius 2 is 1.50 bits per heavy atom. The van der Waals surface area contributed by atoms with Gasteiger partial charge in [0.25, 0.3) is 0 Å². The predicted octanol–water partition coefficient (Wildman–Crippen LogP) is 6.20. The molecule has 0 aliphatic heterocycles. The smallest absolute Gasteiger partial charge is 0.0485 e. The lowest BCUT2D eigenvalue weighted by molar-refractivity contribution is 1.18. The van der Waals surface area contributed by atoms with Crippen LogP contribution in [-0.2, 0) is 6.42 Å². The molecule has 0 aliphatic rings. The van der Waals surface area contributed by atoms with E-state index < -0.39 is 0 Å². The Balaban J connectivity index is 2.40. The first-order chi connectivity index (χ1) is 8.49. The molecule has 0 saturated carbocycles. The Morgan fingerprint density at radius 3 is 2.22 bits per heavy atom. The lowest BCUT2D eigenvalue weighted by Gasteiger charge is -2.10. The van der Waals surface area contributed by atoms with E-state index in [-0.39, 0.29) is 0 Å². The molecular weight excluding hydrogens is 310 g/mol. The number of halogens is 4. The van der Waals surface area contributed by atoms with E-state index in [1.54, 1.807) is 12.1 Å². The van der Waals surface area contributed by atoms with Gasteiger partial charge in [-0.3, -0.25) is 0 Å². The summed E-state index contributed by atoms with van der Waals surface area (Å²) in [6, 6.07) is 9.16. The van der Waals surface area contributed by atoms with Crippen LogP contribution in [0.15, 0.2) is 30.3 Å². The molecule has 0 fully saturated rings. The lowest BCUT2D eigenvalue weighted by Crippen LogP contribution is -1.93. The highest BCUT2D eigenvalue weighted by molar-refractivity contribution is 6.36. The second kappa shape index (κ2) is 5.71. The highest BCUT2D eigenvalue weighted by atomic mass is 35.5. The van der Waals surface area contributed by atoms with Crippen molar-refractivity contribution in [1.82, 2.24) is 0 Å². The van der Waals surface area contributed by atoms with E-state index in [0.29, 0.717) is 26.5 Å². The van der Waals surface area contributed by atoms with Crippen LogP contribution in [0.5, 0.6) is 0 Å². The fourth-order valence-electron chi connectivity index (χ4n) is 1.74. The Morgan fingerprint density at radius 1 is 0.833 bits per heavy atom. The third-order valence-electron chi connectivity index (χ3n) is 2.79. The number of hydrogen-bond acceptors (Lipinski definition) is 0. The van der Waals surface area contributed by atoms with Crippen LogP contribution in [0, 0.1) is 6.92 Å². The van der Waals surface area contributed by atoms with E-state index in [9.17, 15) is 0 Å². The summed E-state index contributed by atoms with van der Waals surface area (Å²) < 4.78 is 0. The molecule has 0 bridgehead atoms. The maximum Gasteiger partial charge on any atom is 0.0485 e. The first-order valence-electron chi connectivity index (χ1n) is 5.36. The van der Waals surface area contributed by atoms with Crippen LogP contribution >= 0.6 is 46.4 Å². The summed E-state index contributed by atoms with van der Waals surface area (Å²) in [5.74, 6) is 0. The molecule has 0 aromatic heterocycles. The van der Waals surface area contributed by atoms with E-state index in [4.69, 9.17) is 46.4 Å². The van der Waals surface area contributed by atoms with Gasteiger partial charge >= 0.3 is 0 Å². The number of hydrogen-bond donors (Lipinski definition) is 0. The molecule has 0 spiro atoms. The highest BCUT2D eigenvalue weighted by Crippen LogP contribution is 2.31. The van der Waals surface area contributed by atoms with Gasteiger partial charge < -0.3 is 0 Å². The zero-order valence-corrected chi connectivity index (χ0v) is 12.6. The van der Waals surface area contributed by atoms with Gasteiger partial charge in [0.2, 0.25) is 0 Å². The summed E-state index contributed by atoms with van der Waals surface area (Å²) in [6.45, 7) is 1.90. The van der Waals surface area contributed by atoms with Crippen molar-refractivity contribution in [2.24, 2.45) is 0 Å². The second-order valence-electron chi connectivity index (χ2n) is 4.06. The minimum Gasteiger partial charge on any atom is -0.0843 e. The van der Waals surface area contributed by atoms with E-state index in [1.807, 2.05) is 25.1 Å². The molecule has 4 heteroatoms. The molecule has 94 valence electrons. The monoisotopic (exact) mass is 318 g/mol. The fourth-order valence-corrected chi connectivity index (χ4v) is 2.55. The summed E-state index contributed by atoms with van der Waals surface area (Å²) >= 11 is 24.4. The van der Waals surface area contributed by atoms with Crippen molar-refractivity contribution in [3.8, 4) is 0 Å². The largest absolute Gasteiger partial charge is 0.0843 e. The van der Waals surface area contributed by atoms with Gasteiger partial charge in [-0.25, -0.2) is 0 Å². The molecule has 0 N–H and O–H groups in total. The van der Waals surface area contributed by atoms with Gasteiger partial charge in [0.05, 0.1) is 0 Å². The molecule has 2 aromatic rings. The fraction of sp³-hybridized carbons (Fsp3) is 0.143. The SMILES string of the molecule is Cc1c(Cl)ccc(Cc2cc(Cl)ccc2Cl)c1Cl. The van der Waals surface area contributed by atoms with Crippen LogP contribution in [0.4, 0.5) is 0 Å². The molecular formula is C14H10Cl4. The molecule has 0 unspecified atom stereocenters. The van der Waals surface area contributed by atoms with E-state index in [2.05, 4.69) is 0 Å². The molecule has 18 heavy (non-hydrogen) atoms. The van der Waals surface area contributed by atoms with Crippen LogP contribution in [0.1, 0.15) is 16.7 Å².